The maximum absolute atomic E-state index is 13.0. The number of fused-ring (bicyclic) bond motifs is 1. The SMILES string of the molecule is CNC(=O)C1CNC2C(C1)N(C)C(=O)C(=O)N2C1CCN(Cc2ccc(OC(F)(F)F)cc2)CC1. The first-order valence-corrected chi connectivity index (χ1v) is 11.7. The number of halogens is 3. The van der Waals surface area contributed by atoms with Gasteiger partial charge >= 0.3 is 18.2 Å². The highest BCUT2D eigenvalue weighted by molar-refractivity contribution is 6.35. The minimum atomic E-state index is -4.72. The molecule has 192 valence electrons. The van der Waals surface area contributed by atoms with Crippen molar-refractivity contribution in [3.8, 4) is 5.75 Å². The third kappa shape index (κ3) is 5.53. The van der Waals surface area contributed by atoms with Crippen LogP contribution in [-0.4, -0.2) is 90.8 Å². The summed E-state index contributed by atoms with van der Waals surface area (Å²) < 4.78 is 41.0. The number of nitrogens with one attached hydrogen (secondary N) is 2. The van der Waals surface area contributed by atoms with E-state index in [-0.39, 0.29) is 35.8 Å². The van der Waals surface area contributed by atoms with Gasteiger partial charge in [-0.05, 0) is 37.0 Å². The Labute approximate surface area is 201 Å². The number of hydrogen-bond acceptors (Lipinski definition) is 6. The number of alkyl halides is 3. The monoisotopic (exact) mass is 497 g/mol. The summed E-state index contributed by atoms with van der Waals surface area (Å²) in [6.07, 6.45) is -3.25. The number of piperazine rings is 1. The average Bonchev–Trinajstić information content (AvgIpc) is 2.83. The molecule has 12 heteroatoms. The number of rotatable bonds is 5. The van der Waals surface area contributed by atoms with Crippen molar-refractivity contribution in [3.63, 3.8) is 0 Å². The molecule has 0 radical (unpaired) electrons. The Kier molecular flexibility index (Phi) is 7.22. The number of benzene rings is 1. The molecule has 35 heavy (non-hydrogen) atoms. The Morgan fingerprint density at radius 3 is 2.40 bits per heavy atom. The van der Waals surface area contributed by atoms with E-state index >= 15 is 0 Å². The number of ether oxygens (including phenoxy) is 1. The zero-order valence-corrected chi connectivity index (χ0v) is 19.7. The highest BCUT2D eigenvalue weighted by atomic mass is 19.4. The summed E-state index contributed by atoms with van der Waals surface area (Å²) in [7, 11) is 3.19. The van der Waals surface area contributed by atoms with Gasteiger partial charge in [0.15, 0.2) is 0 Å². The highest BCUT2D eigenvalue weighted by Crippen LogP contribution is 2.31. The topological polar surface area (TPSA) is 94.2 Å². The zero-order valence-electron chi connectivity index (χ0n) is 19.7. The van der Waals surface area contributed by atoms with Crippen LogP contribution in [0.4, 0.5) is 13.2 Å². The van der Waals surface area contributed by atoms with E-state index in [4.69, 9.17) is 0 Å². The molecule has 2 N–H and O–H groups in total. The van der Waals surface area contributed by atoms with Crippen molar-refractivity contribution in [2.45, 2.75) is 50.4 Å². The van der Waals surface area contributed by atoms with Gasteiger partial charge in [0.05, 0.1) is 12.0 Å². The third-order valence-electron chi connectivity index (χ3n) is 7.13. The zero-order chi connectivity index (χ0) is 25.3. The molecule has 3 unspecified atom stereocenters. The molecule has 3 atom stereocenters. The normalized spacial score (nSPS) is 26.5. The fraction of sp³-hybridized carbons (Fsp3) is 0.609. The van der Waals surface area contributed by atoms with Crippen LogP contribution in [-0.2, 0) is 20.9 Å². The van der Waals surface area contributed by atoms with Crippen LogP contribution < -0.4 is 15.4 Å². The Bertz CT molecular complexity index is 949. The first-order chi connectivity index (χ1) is 16.6. The van der Waals surface area contributed by atoms with Crippen LogP contribution >= 0.6 is 0 Å². The second-order valence-corrected chi connectivity index (χ2v) is 9.29. The summed E-state index contributed by atoms with van der Waals surface area (Å²) in [5.41, 5.74) is 0.859. The van der Waals surface area contributed by atoms with Crippen molar-refractivity contribution in [2.24, 2.45) is 5.92 Å². The van der Waals surface area contributed by atoms with E-state index in [2.05, 4.69) is 20.3 Å². The van der Waals surface area contributed by atoms with Gasteiger partial charge in [0, 0.05) is 46.3 Å². The van der Waals surface area contributed by atoms with Gasteiger partial charge in [-0.1, -0.05) is 12.1 Å². The predicted molar refractivity (Wildman–Crippen MR) is 119 cm³/mol. The van der Waals surface area contributed by atoms with Gasteiger partial charge < -0.3 is 19.9 Å². The standard InChI is InChI=1S/C23H30F3N5O4/c1-27-20(32)15-11-18-19(28-12-15)31(22(34)21(33)29(18)2)16-7-9-30(10-8-16)13-14-3-5-17(6-4-14)35-23(24,25)26/h3-6,15-16,18-19,28H,7-13H2,1-2H3,(H,27,32). The summed E-state index contributed by atoms with van der Waals surface area (Å²) in [4.78, 5) is 43.1. The molecule has 3 amide bonds. The van der Waals surface area contributed by atoms with E-state index in [9.17, 15) is 27.6 Å². The van der Waals surface area contributed by atoms with Crippen LogP contribution in [0.1, 0.15) is 24.8 Å². The molecule has 0 spiro atoms. The first-order valence-electron chi connectivity index (χ1n) is 11.7. The molecule has 4 rings (SSSR count). The van der Waals surface area contributed by atoms with Crippen LogP contribution in [0.3, 0.4) is 0 Å². The number of piperidine rings is 2. The van der Waals surface area contributed by atoms with Gasteiger partial charge in [-0.3, -0.25) is 24.6 Å². The predicted octanol–water partition coefficient (Wildman–Crippen LogP) is 0.900. The fourth-order valence-electron chi connectivity index (χ4n) is 5.30. The maximum Gasteiger partial charge on any atom is 0.573 e. The summed E-state index contributed by atoms with van der Waals surface area (Å²) in [5.74, 6) is -1.72. The fourth-order valence-corrected chi connectivity index (χ4v) is 5.30. The molecule has 0 aromatic heterocycles. The van der Waals surface area contributed by atoms with Crippen LogP contribution in [0.2, 0.25) is 0 Å². The molecule has 3 aliphatic heterocycles. The highest BCUT2D eigenvalue weighted by Gasteiger charge is 2.50. The molecule has 3 heterocycles. The van der Waals surface area contributed by atoms with Crippen LogP contribution in [0.25, 0.3) is 0 Å². The van der Waals surface area contributed by atoms with Crippen molar-refractivity contribution >= 4 is 17.7 Å². The number of carbonyl (C=O) groups is 3. The van der Waals surface area contributed by atoms with E-state index < -0.39 is 18.2 Å². The summed E-state index contributed by atoms with van der Waals surface area (Å²) in [6, 6.07) is 5.41. The molecule has 1 aromatic carbocycles. The Morgan fingerprint density at radius 2 is 1.80 bits per heavy atom. The van der Waals surface area contributed by atoms with E-state index in [0.29, 0.717) is 45.4 Å². The second kappa shape index (κ2) is 10.0. The number of likely N-dealkylation sites (tertiary alicyclic amines) is 1. The molecular formula is C23H30F3N5O4. The van der Waals surface area contributed by atoms with Crippen molar-refractivity contribution in [3.05, 3.63) is 29.8 Å². The smallest absolute Gasteiger partial charge is 0.406 e. The van der Waals surface area contributed by atoms with Crippen LogP contribution in [0, 0.1) is 5.92 Å². The number of likely N-dealkylation sites (N-methyl/N-ethyl adjacent to an activating group) is 1. The van der Waals surface area contributed by atoms with Gasteiger partial charge in [-0.2, -0.15) is 0 Å². The largest absolute Gasteiger partial charge is 0.573 e. The van der Waals surface area contributed by atoms with Crippen LogP contribution in [0.15, 0.2) is 24.3 Å². The van der Waals surface area contributed by atoms with Crippen molar-refractivity contribution in [2.75, 3.05) is 33.7 Å². The first kappa shape index (κ1) is 25.2. The van der Waals surface area contributed by atoms with Crippen molar-refractivity contribution in [1.29, 1.82) is 0 Å². The molecule has 3 fully saturated rings. The average molecular weight is 498 g/mol. The van der Waals surface area contributed by atoms with E-state index in [1.54, 1.807) is 31.1 Å². The number of hydrogen-bond donors (Lipinski definition) is 2. The lowest BCUT2D eigenvalue weighted by Gasteiger charge is -2.52. The second-order valence-electron chi connectivity index (χ2n) is 9.29. The summed E-state index contributed by atoms with van der Waals surface area (Å²) >= 11 is 0. The van der Waals surface area contributed by atoms with Crippen LogP contribution in [0.5, 0.6) is 5.75 Å². The lowest BCUT2D eigenvalue weighted by Crippen LogP contribution is -2.73. The molecule has 1 aromatic rings. The lowest BCUT2D eigenvalue weighted by molar-refractivity contribution is -0.274. The maximum atomic E-state index is 13.0. The Morgan fingerprint density at radius 1 is 1.14 bits per heavy atom. The number of nitrogens with zero attached hydrogens (tertiary/aromatic N) is 3. The molecule has 0 aliphatic carbocycles. The lowest BCUT2D eigenvalue weighted by atomic mass is 9.88. The Hall–Kier alpha value is -2.86. The van der Waals surface area contributed by atoms with Gasteiger partial charge in [0.25, 0.3) is 0 Å². The van der Waals surface area contributed by atoms with Crippen molar-refractivity contribution in [1.82, 2.24) is 25.3 Å². The number of carbonyl (C=O) groups excluding carboxylic acids is 3. The molecule has 3 aliphatic rings. The van der Waals surface area contributed by atoms with Gasteiger partial charge in [-0.15, -0.1) is 13.2 Å². The minimum absolute atomic E-state index is 0.0911. The number of amides is 3. The van der Waals surface area contributed by atoms with E-state index in [0.717, 1.165) is 5.56 Å². The summed E-state index contributed by atoms with van der Waals surface area (Å²) in [6.45, 7) is 2.35. The van der Waals surface area contributed by atoms with E-state index in [1.165, 1.54) is 17.0 Å². The molecule has 0 bridgehead atoms. The molecule has 0 saturated carbocycles. The summed E-state index contributed by atoms with van der Waals surface area (Å²) in [5, 5.41) is 5.98. The minimum Gasteiger partial charge on any atom is -0.406 e. The molecule has 9 nitrogen and oxygen atoms in total. The molecular weight excluding hydrogens is 467 g/mol. The van der Waals surface area contributed by atoms with Gasteiger partial charge in [-0.25, -0.2) is 0 Å². The molecule has 3 saturated heterocycles. The third-order valence-corrected chi connectivity index (χ3v) is 7.13. The van der Waals surface area contributed by atoms with Gasteiger partial charge in [0.1, 0.15) is 11.9 Å². The van der Waals surface area contributed by atoms with E-state index in [1.807, 2.05) is 0 Å². The van der Waals surface area contributed by atoms with Gasteiger partial charge in [0.2, 0.25) is 5.91 Å². The van der Waals surface area contributed by atoms with Crippen molar-refractivity contribution < 1.29 is 32.3 Å². The Balaban J connectivity index is 1.37. The quantitative estimate of drug-likeness (QED) is 0.588.